The van der Waals surface area contributed by atoms with E-state index in [1.165, 1.54) is 64.2 Å². The lowest BCUT2D eigenvalue weighted by Crippen LogP contribution is -2.30. The lowest BCUT2D eigenvalue weighted by atomic mass is 10.1. The molecule has 0 aromatic rings. The van der Waals surface area contributed by atoms with Gasteiger partial charge in [-0.2, -0.15) is 0 Å². The van der Waals surface area contributed by atoms with E-state index in [2.05, 4.69) is 137 Å². The third-order valence-electron chi connectivity index (χ3n) is 16.1. The summed E-state index contributed by atoms with van der Waals surface area (Å²) in [7, 11) is -9.99. The molecular weight excluding hydrogens is 1330 g/mol. The minimum Gasteiger partial charge on any atom is -0.462 e. The first-order valence-corrected chi connectivity index (χ1v) is 42.4. The molecule has 102 heavy (non-hydrogen) atoms. The largest absolute Gasteiger partial charge is 0.472 e. The lowest BCUT2D eigenvalue weighted by molar-refractivity contribution is -0.161. The Labute approximate surface area is 618 Å². The summed E-state index contributed by atoms with van der Waals surface area (Å²) in [6, 6.07) is 0. The van der Waals surface area contributed by atoms with Crippen molar-refractivity contribution in [1.82, 2.24) is 0 Å². The Morgan fingerprint density at radius 1 is 0.294 bits per heavy atom. The highest BCUT2D eigenvalue weighted by atomic mass is 31.2. The van der Waals surface area contributed by atoms with Gasteiger partial charge in [-0.1, -0.05) is 271 Å². The number of carbonyl (C=O) groups is 4. The Kier molecular flexibility index (Phi) is 71.0. The van der Waals surface area contributed by atoms with Crippen molar-refractivity contribution >= 4 is 39.5 Å². The first-order chi connectivity index (χ1) is 49.7. The summed E-state index contributed by atoms with van der Waals surface area (Å²) in [5, 5.41) is 10.6. The highest BCUT2D eigenvalue weighted by molar-refractivity contribution is 7.47. The van der Waals surface area contributed by atoms with Gasteiger partial charge in [0.1, 0.15) is 19.3 Å². The zero-order chi connectivity index (χ0) is 74.6. The van der Waals surface area contributed by atoms with Crippen LogP contribution in [0, 0.1) is 0 Å². The smallest absolute Gasteiger partial charge is 0.462 e. The van der Waals surface area contributed by atoms with Gasteiger partial charge in [0.05, 0.1) is 32.8 Å². The Morgan fingerprint density at radius 2 is 0.549 bits per heavy atom. The van der Waals surface area contributed by atoms with E-state index < -0.39 is 97.5 Å². The summed E-state index contributed by atoms with van der Waals surface area (Å²) in [5.41, 5.74) is 0. The summed E-state index contributed by atoms with van der Waals surface area (Å²) in [5.74, 6) is -2.36. The second kappa shape index (κ2) is 74.5. The van der Waals surface area contributed by atoms with Crippen LogP contribution in [0.3, 0.4) is 0 Å². The first-order valence-electron chi connectivity index (χ1n) is 39.4. The van der Waals surface area contributed by atoms with E-state index in [1.54, 1.807) is 6.08 Å². The Balaban J connectivity index is 5.43. The predicted octanol–water partition coefficient (Wildman–Crippen LogP) is 22.9. The first kappa shape index (κ1) is 97.2. The molecule has 0 radical (unpaired) electrons. The Bertz CT molecular complexity index is 2460. The number of rotatable bonds is 73. The Morgan fingerprint density at radius 3 is 0.902 bits per heavy atom. The van der Waals surface area contributed by atoms with Crippen LogP contribution < -0.4 is 0 Å². The Hall–Kier alpha value is -4.80. The minimum absolute atomic E-state index is 0.0624. The number of aliphatic hydroxyl groups excluding tert-OH is 1. The maximum atomic E-state index is 13.1. The van der Waals surface area contributed by atoms with Gasteiger partial charge in [-0.15, -0.1) is 0 Å². The van der Waals surface area contributed by atoms with Crippen LogP contribution in [-0.2, 0) is 65.4 Å². The van der Waals surface area contributed by atoms with E-state index in [0.29, 0.717) is 25.7 Å². The normalized spacial score (nSPS) is 14.6. The molecule has 0 saturated heterocycles. The van der Waals surface area contributed by atoms with E-state index in [1.807, 2.05) is 18.2 Å². The van der Waals surface area contributed by atoms with Crippen LogP contribution in [0.15, 0.2) is 134 Å². The molecule has 0 rings (SSSR count). The molecule has 0 spiro atoms. The number of ether oxygens (including phenoxy) is 4. The summed E-state index contributed by atoms with van der Waals surface area (Å²) in [6.07, 6.45) is 83.2. The average Bonchev–Trinajstić information content (AvgIpc) is 0.909. The van der Waals surface area contributed by atoms with E-state index in [4.69, 9.17) is 37.0 Å². The molecule has 17 nitrogen and oxygen atoms in total. The van der Waals surface area contributed by atoms with Crippen LogP contribution in [-0.4, -0.2) is 96.7 Å². The van der Waals surface area contributed by atoms with Crippen molar-refractivity contribution in [2.45, 2.75) is 329 Å². The summed E-state index contributed by atoms with van der Waals surface area (Å²) < 4.78 is 68.4. The van der Waals surface area contributed by atoms with Crippen LogP contribution in [0.4, 0.5) is 0 Å². The fourth-order valence-electron chi connectivity index (χ4n) is 10.1. The maximum absolute atomic E-state index is 13.1. The molecule has 0 aliphatic rings. The molecule has 19 heteroatoms. The van der Waals surface area contributed by atoms with E-state index in [9.17, 15) is 43.2 Å². The second-order valence-corrected chi connectivity index (χ2v) is 28.8. The second-order valence-electron chi connectivity index (χ2n) is 25.9. The molecule has 0 bridgehead atoms. The molecule has 0 heterocycles. The average molecular weight is 1470 g/mol. The standard InChI is InChI=1S/C83H140O17P2/c1-5-9-13-17-21-25-29-33-36-37-38-39-42-45-48-52-56-60-64-68-81(86)94-74-79(100-83(88)70-66-62-58-54-50-46-41-35-31-27-23-19-15-11-7-3)76-98-102(91,92)96-72-77(84)71-95-101(89,90)97-75-78(99-82(87)69-65-61-57-53-49-43-32-28-24-20-16-12-8-4)73-93-80(85)67-63-59-55-51-47-44-40-34-30-26-22-18-14-10-6-2/h10,14,21-23,25-28,32-36,38-41,47,51,59,63,77-79,84H,5-9,11-13,15-20,24,29-31,37,42-46,48-50,52-58,60-62,64-76H2,1-4H3,(H,89,90)(H,91,92)/b14-10-,25-21-,26-22-,27-23-,32-28-,36-33-,39-38-,40-34-,41-35-,51-47-,63-59-. The van der Waals surface area contributed by atoms with Gasteiger partial charge < -0.3 is 33.8 Å². The van der Waals surface area contributed by atoms with Crippen LogP contribution in [0.5, 0.6) is 0 Å². The third-order valence-corrected chi connectivity index (χ3v) is 18.0. The molecule has 0 saturated carbocycles. The number of hydrogen-bond acceptors (Lipinski definition) is 15. The predicted molar refractivity (Wildman–Crippen MR) is 418 cm³/mol. The topological polar surface area (TPSA) is 237 Å². The van der Waals surface area contributed by atoms with Crippen molar-refractivity contribution in [2.24, 2.45) is 0 Å². The van der Waals surface area contributed by atoms with Gasteiger partial charge in [-0.05, 0) is 148 Å². The van der Waals surface area contributed by atoms with Crippen LogP contribution in [0.2, 0.25) is 0 Å². The molecule has 0 amide bonds. The maximum Gasteiger partial charge on any atom is 0.472 e. The van der Waals surface area contributed by atoms with E-state index in [-0.39, 0.29) is 25.7 Å². The fraction of sp³-hybridized carbons (Fsp3) is 0.687. The van der Waals surface area contributed by atoms with Gasteiger partial charge in [0, 0.05) is 19.3 Å². The fourth-order valence-corrected chi connectivity index (χ4v) is 11.7. The van der Waals surface area contributed by atoms with Crippen molar-refractivity contribution in [3.63, 3.8) is 0 Å². The molecule has 3 N–H and O–H groups in total. The van der Waals surface area contributed by atoms with Gasteiger partial charge in [0.25, 0.3) is 0 Å². The van der Waals surface area contributed by atoms with Crippen molar-refractivity contribution < 1.29 is 80.2 Å². The van der Waals surface area contributed by atoms with Crippen molar-refractivity contribution in [1.29, 1.82) is 0 Å². The van der Waals surface area contributed by atoms with Crippen molar-refractivity contribution in [3.05, 3.63) is 134 Å². The number of hydrogen-bond donors (Lipinski definition) is 3. The summed E-state index contributed by atoms with van der Waals surface area (Å²) in [6.45, 7) is 4.54. The highest BCUT2D eigenvalue weighted by Gasteiger charge is 2.30. The molecule has 5 atom stereocenters. The van der Waals surface area contributed by atoms with Gasteiger partial charge in [-0.25, -0.2) is 9.13 Å². The molecule has 0 aromatic heterocycles. The number of aliphatic hydroxyl groups is 1. The van der Waals surface area contributed by atoms with Gasteiger partial charge in [0.2, 0.25) is 0 Å². The van der Waals surface area contributed by atoms with E-state index >= 15 is 0 Å². The van der Waals surface area contributed by atoms with Crippen LogP contribution in [0.25, 0.3) is 0 Å². The SMILES string of the molecule is CC/C=C\C/C=C\C/C=C\C/C=C\C/C=C\CC(=O)OCC(COP(=O)(O)OCC(O)COP(=O)(O)OCC(COC(=O)CCCCCCCC/C=C\C/C=C\C/C=C\CCCCC)OC(=O)CCCCCCC/C=C\C/C=C\CCCCC)OC(=O)CCCCCCC/C=C\CCCCCC. The van der Waals surface area contributed by atoms with Crippen LogP contribution in [0.1, 0.15) is 310 Å². The molecule has 0 aromatic carbocycles. The number of phosphoric acid groups is 2. The number of esters is 4. The van der Waals surface area contributed by atoms with Gasteiger partial charge >= 0.3 is 39.5 Å². The van der Waals surface area contributed by atoms with Crippen molar-refractivity contribution in [3.8, 4) is 0 Å². The van der Waals surface area contributed by atoms with E-state index in [0.717, 1.165) is 167 Å². The monoisotopic (exact) mass is 1470 g/mol. The summed E-state index contributed by atoms with van der Waals surface area (Å²) >= 11 is 0. The molecule has 0 fully saturated rings. The third kappa shape index (κ3) is 73.5. The number of carbonyl (C=O) groups excluding carboxylic acids is 4. The number of phosphoric ester groups is 2. The zero-order valence-corrected chi connectivity index (χ0v) is 65.5. The molecule has 584 valence electrons. The van der Waals surface area contributed by atoms with Gasteiger partial charge in [0.15, 0.2) is 12.2 Å². The van der Waals surface area contributed by atoms with Crippen LogP contribution >= 0.6 is 15.6 Å². The number of unbranched alkanes of at least 4 members (excludes halogenated alkanes) is 26. The molecular formula is C83H140O17P2. The van der Waals surface area contributed by atoms with Gasteiger partial charge in [-0.3, -0.25) is 37.3 Å². The molecule has 0 aliphatic heterocycles. The molecule has 5 unspecified atom stereocenters. The number of allylic oxidation sites excluding steroid dienone is 21. The van der Waals surface area contributed by atoms with Crippen molar-refractivity contribution in [2.75, 3.05) is 39.6 Å². The summed E-state index contributed by atoms with van der Waals surface area (Å²) in [4.78, 5) is 72.9. The molecule has 0 aliphatic carbocycles. The minimum atomic E-state index is -5.00. The highest BCUT2D eigenvalue weighted by Crippen LogP contribution is 2.45. The zero-order valence-electron chi connectivity index (χ0n) is 63.7. The quantitative estimate of drug-likeness (QED) is 0.0169. The lowest BCUT2D eigenvalue weighted by Gasteiger charge is -2.21.